The summed E-state index contributed by atoms with van der Waals surface area (Å²) in [4.78, 5) is 40.2. The second kappa shape index (κ2) is 9.34. The third-order valence-corrected chi connectivity index (χ3v) is 6.04. The highest BCUT2D eigenvalue weighted by Gasteiger charge is 2.37. The number of hydrogen-bond acceptors (Lipinski definition) is 5. The van der Waals surface area contributed by atoms with E-state index in [1.165, 1.54) is 6.07 Å². The predicted octanol–water partition coefficient (Wildman–Crippen LogP) is 4.06. The molecule has 8 heteroatoms. The van der Waals surface area contributed by atoms with Gasteiger partial charge in [-0.1, -0.05) is 30.3 Å². The Balaban J connectivity index is 1.43. The van der Waals surface area contributed by atoms with E-state index in [0.29, 0.717) is 30.0 Å². The van der Waals surface area contributed by atoms with E-state index in [1.54, 1.807) is 53.4 Å². The van der Waals surface area contributed by atoms with Crippen molar-refractivity contribution in [3.63, 3.8) is 0 Å². The van der Waals surface area contributed by atoms with E-state index < -0.39 is 11.1 Å². The molecule has 4 rings (SSSR count). The molecule has 2 aromatic carbocycles. The number of benzene rings is 2. The van der Waals surface area contributed by atoms with Crippen molar-refractivity contribution in [2.75, 3.05) is 19.6 Å². The third-order valence-electron chi connectivity index (χ3n) is 5.13. The fraction of sp³-hybridized carbons (Fsp3) is 0.261. The number of rotatable bonds is 6. The molecule has 3 amide bonds. The van der Waals surface area contributed by atoms with Crippen LogP contribution in [-0.2, 0) is 16.2 Å². The number of imide groups is 1. The first-order valence-electron chi connectivity index (χ1n) is 10.0. The van der Waals surface area contributed by atoms with Gasteiger partial charge in [0.25, 0.3) is 11.1 Å². The Morgan fingerprint density at radius 3 is 2.65 bits per heavy atom. The van der Waals surface area contributed by atoms with Crippen LogP contribution in [0.4, 0.5) is 9.18 Å². The van der Waals surface area contributed by atoms with Gasteiger partial charge in [-0.3, -0.25) is 19.3 Å². The summed E-state index contributed by atoms with van der Waals surface area (Å²) in [7, 11) is 0. The SMILES string of the molecule is O=C(CN1C(=O)S/C(=C\c2cccc(OCc3ccccc3F)c2)C1=O)N1CCCC1. The molecule has 0 aromatic heterocycles. The van der Waals surface area contributed by atoms with Gasteiger partial charge >= 0.3 is 0 Å². The first kappa shape index (κ1) is 21.1. The van der Waals surface area contributed by atoms with Gasteiger partial charge in [0.05, 0.1) is 4.91 Å². The van der Waals surface area contributed by atoms with E-state index in [9.17, 15) is 18.8 Å². The van der Waals surface area contributed by atoms with Crippen LogP contribution < -0.4 is 4.74 Å². The quantitative estimate of drug-likeness (QED) is 0.634. The number of carbonyl (C=O) groups is 3. The van der Waals surface area contributed by atoms with Crippen LogP contribution in [0.25, 0.3) is 6.08 Å². The van der Waals surface area contributed by atoms with Crippen LogP contribution in [0.1, 0.15) is 24.0 Å². The molecule has 160 valence electrons. The lowest BCUT2D eigenvalue weighted by Crippen LogP contribution is -2.40. The molecule has 0 N–H and O–H groups in total. The van der Waals surface area contributed by atoms with Gasteiger partial charge in [0, 0.05) is 18.7 Å². The minimum absolute atomic E-state index is 0.0747. The van der Waals surface area contributed by atoms with Crippen LogP contribution in [-0.4, -0.2) is 46.5 Å². The topological polar surface area (TPSA) is 66.9 Å². The molecule has 0 radical (unpaired) electrons. The molecule has 2 fully saturated rings. The number of hydrogen-bond donors (Lipinski definition) is 0. The van der Waals surface area contributed by atoms with Crippen LogP contribution in [0.5, 0.6) is 5.75 Å². The average molecular weight is 440 g/mol. The van der Waals surface area contributed by atoms with Crippen molar-refractivity contribution in [3.8, 4) is 5.75 Å². The molecular formula is C23H21FN2O4S. The number of nitrogens with zero attached hydrogens (tertiary/aromatic N) is 2. The molecule has 0 bridgehead atoms. The molecule has 0 saturated carbocycles. The highest BCUT2D eigenvalue weighted by atomic mass is 32.2. The smallest absolute Gasteiger partial charge is 0.294 e. The van der Waals surface area contributed by atoms with Gasteiger partial charge in [0.2, 0.25) is 5.91 Å². The van der Waals surface area contributed by atoms with Gasteiger partial charge in [0.1, 0.15) is 24.7 Å². The van der Waals surface area contributed by atoms with Crippen LogP contribution in [0.3, 0.4) is 0 Å². The summed E-state index contributed by atoms with van der Waals surface area (Å²) in [5.41, 5.74) is 1.11. The van der Waals surface area contributed by atoms with E-state index in [0.717, 1.165) is 29.5 Å². The van der Waals surface area contributed by atoms with Crippen LogP contribution in [0.15, 0.2) is 53.4 Å². The summed E-state index contributed by atoms with van der Waals surface area (Å²) in [6.07, 6.45) is 3.49. The normalized spacial score (nSPS) is 17.6. The first-order valence-corrected chi connectivity index (χ1v) is 10.8. The van der Waals surface area contributed by atoms with E-state index in [-0.39, 0.29) is 29.8 Å². The minimum atomic E-state index is -0.472. The fourth-order valence-corrected chi connectivity index (χ4v) is 4.30. The maximum atomic E-state index is 13.8. The van der Waals surface area contributed by atoms with Crippen LogP contribution in [0.2, 0.25) is 0 Å². The number of ether oxygens (including phenoxy) is 1. The Morgan fingerprint density at radius 1 is 1.10 bits per heavy atom. The zero-order valence-corrected chi connectivity index (χ0v) is 17.6. The maximum Gasteiger partial charge on any atom is 0.294 e. The highest BCUT2D eigenvalue weighted by molar-refractivity contribution is 8.18. The van der Waals surface area contributed by atoms with Gasteiger partial charge in [-0.15, -0.1) is 0 Å². The molecule has 0 atom stereocenters. The average Bonchev–Trinajstić information content (AvgIpc) is 3.39. The monoisotopic (exact) mass is 440 g/mol. The Kier molecular flexibility index (Phi) is 6.36. The lowest BCUT2D eigenvalue weighted by molar-refractivity contribution is -0.135. The third kappa shape index (κ3) is 4.96. The molecule has 0 unspecified atom stereocenters. The maximum absolute atomic E-state index is 13.8. The summed E-state index contributed by atoms with van der Waals surface area (Å²) < 4.78 is 19.4. The summed E-state index contributed by atoms with van der Waals surface area (Å²) in [6, 6.07) is 13.4. The molecule has 0 aliphatic carbocycles. The second-order valence-corrected chi connectivity index (χ2v) is 8.30. The fourth-order valence-electron chi connectivity index (χ4n) is 3.46. The van der Waals surface area contributed by atoms with Gasteiger partial charge in [-0.25, -0.2) is 4.39 Å². The standard InChI is InChI=1S/C23H21FN2O4S/c24-19-9-2-1-7-17(19)15-30-18-8-5-6-16(12-18)13-20-22(28)26(23(29)31-20)14-21(27)25-10-3-4-11-25/h1-2,5-9,12-13H,3-4,10-11,14-15H2/b20-13-. The molecule has 0 spiro atoms. The molecule has 2 aliphatic rings. The summed E-state index contributed by atoms with van der Waals surface area (Å²) in [5.74, 6) is -0.499. The molecule has 6 nitrogen and oxygen atoms in total. The second-order valence-electron chi connectivity index (χ2n) is 7.31. The number of halogens is 1. The van der Waals surface area contributed by atoms with Crippen molar-refractivity contribution in [1.29, 1.82) is 0 Å². The van der Waals surface area contributed by atoms with Gasteiger partial charge < -0.3 is 9.64 Å². The van der Waals surface area contributed by atoms with Gasteiger partial charge in [0.15, 0.2) is 0 Å². The molecule has 31 heavy (non-hydrogen) atoms. The van der Waals surface area contributed by atoms with E-state index >= 15 is 0 Å². The minimum Gasteiger partial charge on any atom is -0.489 e. The molecule has 2 saturated heterocycles. The number of likely N-dealkylation sites (tertiary alicyclic amines) is 1. The Labute approximate surface area is 183 Å². The molecule has 2 aromatic rings. The van der Waals surface area contributed by atoms with Gasteiger partial charge in [-0.2, -0.15) is 0 Å². The largest absolute Gasteiger partial charge is 0.489 e. The molecule has 2 heterocycles. The highest BCUT2D eigenvalue weighted by Crippen LogP contribution is 2.32. The lowest BCUT2D eigenvalue weighted by atomic mass is 10.2. The summed E-state index contributed by atoms with van der Waals surface area (Å²) in [6.45, 7) is 1.19. The molecular weight excluding hydrogens is 419 g/mol. The predicted molar refractivity (Wildman–Crippen MR) is 116 cm³/mol. The van der Waals surface area contributed by atoms with E-state index in [4.69, 9.17) is 4.74 Å². The number of carbonyl (C=O) groups excluding carboxylic acids is 3. The zero-order chi connectivity index (χ0) is 21.8. The number of thioether (sulfide) groups is 1. The van der Waals surface area contributed by atoms with Crippen LogP contribution >= 0.6 is 11.8 Å². The zero-order valence-electron chi connectivity index (χ0n) is 16.8. The van der Waals surface area contributed by atoms with Gasteiger partial charge in [-0.05, 0) is 54.4 Å². The number of amides is 3. The first-order chi connectivity index (χ1) is 15.0. The summed E-state index contributed by atoms with van der Waals surface area (Å²) >= 11 is 0.817. The summed E-state index contributed by atoms with van der Waals surface area (Å²) in [5, 5.41) is -0.448. The van der Waals surface area contributed by atoms with Crippen molar-refractivity contribution in [3.05, 3.63) is 70.4 Å². The van der Waals surface area contributed by atoms with Crippen molar-refractivity contribution in [2.24, 2.45) is 0 Å². The molecule has 2 aliphatic heterocycles. The van der Waals surface area contributed by atoms with Crippen molar-refractivity contribution >= 4 is 34.9 Å². The lowest BCUT2D eigenvalue weighted by Gasteiger charge is -2.18. The van der Waals surface area contributed by atoms with E-state index in [2.05, 4.69) is 0 Å². The van der Waals surface area contributed by atoms with Crippen molar-refractivity contribution in [2.45, 2.75) is 19.4 Å². The Morgan fingerprint density at radius 2 is 1.87 bits per heavy atom. The van der Waals surface area contributed by atoms with Crippen molar-refractivity contribution < 1.29 is 23.5 Å². The van der Waals surface area contributed by atoms with E-state index in [1.807, 2.05) is 0 Å². The Bertz CT molecular complexity index is 1050. The Hall–Kier alpha value is -3.13. The van der Waals surface area contributed by atoms with Crippen molar-refractivity contribution in [1.82, 2.24) is 9.80 Å². The van der Waals surface area contributed by atoms with Crippen LogP contribution in [0, 0.1) is 5.82 Å².